The van der Waals surface area contributed by atoms with E-state index in [-0.39, 0.29) is 6.04 Å². The molecule has 23 heavy (non-hydrogen) atoms. The zero-order valence-electron chi connectivity index (χ0n) is 13.6. The molecule has 1 fully saturated rings. The molecule has 0 radical (unpaired) electrons. The lowest BCUT2D eigenvalue weighted by Gasteiger charge is -2.27. The Kier molecular flexibility index (Phi) is 5.00. The lowest BCUT2D eigenvalue weighted by Crippen LogP contribution is -2.42. The largest absolute Gasteiger partial charge is 0.389 e. The van der Waals surface area contributed by atoms with Gasteiger partial charge in [0.1, 0.15) is 5.82 Å². The highest BCUT2D eigenvalue weighted by atomic mass is 16.5. The lowest BCUT2D eigenvalue weighted by molar-refractivity contribution is 0.0793. The Bertz CT molecular complexity index is 648. The number of ether oxygens (including phenoxy) is 1. The van der Waals surface area contributed by atoms with Gasteiger partial charge >= 0.3 is 0 Å². The topological polar surface area (TPSA) is 58.5 Å². The number of aromatic nitrogens is 2. The summed E-state index contributed by atoms with van der Waals surface area (Å²) in [6.07, 6.45) is -0.437. The minimum atomic E-state index is -0.437. The zero-order valence-corrected chi connectivity index (χ0v) is 13.6. The summed E-state index contributed by atoms with van der Waals surface area (Å²) < 4.78 is 5.37. The minimum absolute atomic E-state index is 0.0179. The number of nitrogens with zero attached hydrogens (tertiary/aromatic N) is 3. The predicted molar refractivity (Wildman–Crippen MR) is 88.9 cm³/mol. The molecule has 3 rings (SSSR count). The molecule has 1 aliphatic heterocycles. The number of hydrogen-bond acceptors (Lipinski definition) is 5. The molecule has 1 saturated heterocycles. The van der Waals surface area contributed by atoms with Gasteiger partial charge in [0.2, 0.25) is 0 Å². The number of hydrogen-bond donors (Lipinski definition) is 1. The molecule has 1 aromatic carbocycles. The SMILES string of the molecule is CCN(Cc1nc(C)cc(-c2ccccc2)n1)[C@H]1COC[C@@H]1O. The molecule has 5 heteroatoms. The standard InChI is InChI=1S/C18H23N3O2/c1-3-21(16-11-23-12-17(16)22)10-18-19-13(2)9-15(20-18)14-7-5-4-6-8-14/h4-9,16-17,22H,3,10-12H2,1-2H3/t16-,17-/m0/s1. The normalized spacial score (nSPS) is 21.0. The van der Waals surface area contributed by atoms with Crippen LogP contribution in [0.25, 0.3) is 11.3 Å². The molecule has 0 amide bonds. The maximum absolute atomic E-state index is 10.0. The summed E-state index contributed by atoms with van der Waals surface area (Å²) in [6.45, 7) is 6.48. The second-order valence-electron chi connectivity index (χ2n) is 5.91. The van der Waals surface area contributed by atoms with Crippen molar-refractivity contribution >= 4 is 0 Å². The van der Waals surface area contributed by atoms with E-state index >= 15 is 0 Å². The van der Waals surface area contributed by atoms with Crippen molar-refractivity contribution in [2.24, 2.45) is 0 Å². The second-order valence-corrected chi connectivity index (χ2v) is 5.91. The van der Waals surface area contributed by atoms with E-state index in [1.165, 1.54) is 0 Å². The van der Waals surface area contributed by atoms with Crippen LogP contribution in [0.5, 0.6) is 0 Å². The fourth-order valence-electron chi connectivity index (χ4n) is 2.98. The molecule has 1 N–H and O–H groups in total. The van der Waals surface area contributed by atoms with Gasteiger partial charge in [0.05, 0.1) is 37.6 Å². The van der Waals surface area contributed by atoms with Crippen molar-refractivity contribution in [3.8, 4) is 11.3 Å². The Labute approximate surface area is 137 Å². The van der Waals surface area contributed by atoms with Gasteiger partial charge in [-0.25, -0.2) is 9.97 Å². The van der Waals surface area contributed by atoms with Crippen LogP contribution in [0.4, 0.5) is 0 Å². The van der Waals surface area contributed by atoms with E-state index in [0.29, 0.717) is 19.8 Å². The predicted octanol–water partition coefficient (Wildman–Crippen LogP) is 2.03. The summed E-state index contributed by atoms with van der Waals surface area (Å²) in [5.41, 5.74) is 2.98. The highest BCUT2D eigenvalue weighted by Crippen LogP contribution is 2.19. The number of likely N-dealkylation sites (N-methyl/N-ethyl adjacent to an activating group) is 1. The van der Waals surface area contributed by atoms with Crippen LogP contribution in [0, 0.1) is 6.92 Å². The fraction of sp³-hybridized carbons (Fsp3) is 0.444. The van der Waals surface area contributed by atoms with E-state index in [9.17, 15) is 5.11 Å². The number of rotatable bonds is 5. The Hall–Kier alpha value is -1.82. The summed E-state index contributed by atoms with van der Waals surface area (Å²) in [6, 6.07) is 12.1. The van der Waals surface area contributed by atoms with E-state index in [2.05, 4.69) is 28.9 Å². The number of aliphatic hydroxyl groups is 1. The first kappa shape index (κ1) is 16.1. The smallest absolute Gasteiger partial charge is 0.143 e. The van der Waals surface area contributed by atoms with Crippen LogP contribution >= 0.6 is 0 Å². The van der Waals surface area contributed by atoms with Crippen molar-refractivity contribution in [2.75, 3.05) is 19.8 Å². The quantitative estimate of drug-likeness (QED) is 0.915. The van der Waals surface area contributed by atoms with Crippen molar-refractivity contribution in [3.05, 3.63) is 47.9 Å². The van der Waals surface area contributed by atoms with Crippen molar-refractivity contribution in [1.82, 2.24) is 14.9 Å². The first-order valence-corrected chi connectivity index (χ1v) is 8.07. The van der Waals surface area contributed by atoms with Crippen molar-refractivity contribution in [2.45, 2.75) is 32.5 Å². The Morgan fingerprint density at radius 3 is 2.65 bits per heavy atom. The van der Waals surface area contributed by atoms with E-state index in [4.69, 9.17) is 9.72 Å². The first-order valence-electron chi connectivity index (χ1n) is 8.07. The van der Waals surface area contributed by atoms with Gasteiger partial charge < -0.3 is 9.84 Å². The Morgan fingerprint density at radius 1 is 1.22 bits per heavy atom. The number of aliphatic hydroxyl groups excluding tert-OH is 1. The molecule has 5 nitrogen and oxygen atoms in total. The third kappa shape index (κ3) is 3.75. The highest BCUT2D eigenvalue weighted by molar-refractivity contribution is 5.58. The van der Waals surface area contributed by atoms with Gasteiger partial charge in [0.25, 0.3) is 0 Å². The van der Waals surface area contributed by atoms with Crippen LogP contribution < -0.4 is 0 Å². The van der Waals surface area contributed by atoms with Crippen LogP contribution in [0.15, 0.2) is 36.4 Å². The zero-order chi connectivity index (χ0) is 16.2. The molecule has 1 aromatic heterocycles. The second kappa shape index (κ2) is 7.17. The first-order chi connectivity index (χ1) is 11.2. The van der Waals surface area contributed by atoms with Crippen molar-refractivity contribution < 1.29 is 9.84 Å². The molecule has 2 aromatic rings. The van der Waals surface area contributed by atoms with Crippen LogP contribution in [0.2, 0.25) is 0 Å². The van der Waals surface area contributed by atoms with Gasteiger partial charge in [-0.05, 0) is 19.5 Å². The summed E-state index contributed by atoms with van der Waals surface area (Å²) in [5, 5.41) is 10.0. The molecule has 0 unspecified atom stereocenters. The maximum atomic E-state index is 10.0. The Morgan fingerprint density at radius 2 is 2.00 bits per heavy atom. The molecule has 2 heterocycles. The van der Waals surface area contributed by atoms with E-state index in [1.54, 1.807) is 0 Å². The summed E-state index contributed by atoms with van der Waals surface area (Å²) in [7, 11) is 0. The molecule has 122 valence electrons. The molecular formula is C18H23N3O2. The average Bonchev–Trinajstić information content (AvgIpc) is 2.99. The molecule has 0 spiro atoms. The van der Waals surface area contributed by atoms with Gasteiger partial charge in [0, 0.05) is 11.3 Å². The minimum Gasteiger partial charge on any atom is -0.389 e. The number of aryl methyl sites for hydroxylation is 1. The van der Waals surface area contributed by atoms with Gasteiger partial charge in [-0.2, -0.15) is 0 Å². The lowest BCUT2D eigenvalue weighted by atomic mass is 10.1. The average molecular weight is 313 g/mol. The Balaban J connectivity index is 1.83. The molecule has 0 bridgehead atoms. The third-order valence-corrected chi connectivity index (χ3v) is 4.21. The van der Waals surface area contributed by atoms with Gasteiger partial charge in [0.15, 0.2) is 0 Å². The molecule has 2 atom stereocenters. The highest BCUT2D eigenvalue weighted by Gasteiger charge is 2.31. The van der Waals surface area contributed by atoms with Crippen LogP contribution in [-0.4, -0.2) is 51.9 Å². The van der Waals surface area contributed by atoms with Gasteiger partial charge in [-0.1, -0.05) is 37.3 Å². The van der Waals surface area contributed by atoms with Gasteiger partial charge in [-0.3, -0.25) is 4.90 Å². The van der Waals surface area contributed by atoms with E-state index in [0.717, 1.165) is 29.3 Å². The van der Waals surface area contributed by atoms with Crippen molar-refractivity contribution in [3.63, 3.8) is 0 Å². The summed E-state index contributed by atoms with van der Waals surface area (Å²) in [5.74, 6) is 0.782. The maximum Gasteiger partial charge on any atom is 0.143 e. The molecular weight excluding hydrogens is 290 g/mol. The third-order valence-electron chi connectivity index (χ3n) is 4.21. The fourth-order valence-corrected chi connectivity index (χ4v) is 2.98. The molecule has 0 saturated carbocycles. The van der Waals surface area contributed by atoms with E-state index in [1.807, 2.05) is 31.2 Å². The molecule has 1 aliphatic rings. The van der Waals surface area contributed by atoms with E-state index < -0.39 is 6.10 Å². The molecule has 0 aliphatic carbocycles. The summed E-state index contributed by atoms with van der Waals surface area (Å²) in [4.78, 5) is 11.5. The van der Waals surface area contributed by atoms with Gasteiger partial charge in [-0.15, -0.1) is 0 Å². The monoisotopic (exact) mass is 313 g/mol. The van der Waals surface area contributed by atoms with Crippen LogP contribution in [0.1, 0.15) is 18.4 Å². The van der Waals surface area contributed by atoms with Crippen LogP contribution in [0.3, 0.4) is 0 Å². The van der Waals surface area contributed by atoms with Crippen molar-refractivity contribution in [1.29, 1.82) is 0 Å². The summed E-state index contributed by atoms with van der Waals surface area (Å²) >= 11 is 0. The number of benzene rings is 1. The van der Waals surface area contributed by atoms with Crippen LogP contribution in [-0.2, 0) is 11.3 Å².